The summed E-state index contributed by atoms with van der Waals surface area (Å²) in [5.41, 5.74) is 1.70. The molecule has 1 aromatic carbocycles. The zero-order valence-corrected chi connectivity index (χ0v) is 15.0. The molecule has 0 spiro atoms. The molecule has 3 aromatic rings. The summed E-state index contributed by atoms with van der Waals surface area (Å²) in [7, 11) is 1.96. The number of piperidine rings is 1. The lowest BCUT2D eigenvalue weighted by atomic mass is 9.97. The molecule has 0 unspecified atom stereocenters. The van der Waals surface area contributed by atoms with Crippen molar-refractivity contribution in [2.45, 2.75) is 19.4 Å². The molecule has 1 aliphatic heterocycles. The summed E-state index contributed by atoms with van der Waals surface area (Å²) >= 11 is 0. The van der Waals surface area contributed by atoms with Crippen LogP contribution in [0, 0.1) is 5.92 Å². The van der Waals surface area contributed by atoms with Crippen LogP contribution in [-0.2, 0) is 13.6 Å². The number of carbonyl (C=O) groups is 1. The van der Waals surface area contributed by atoms with Gasteiger partial charge >= 0.3 is 0 Å². The minimum absolute atomic E-state index is 0.108. The molecule has 1 amide bonds. The van der Waals surface area contributed by atoms with E-state index in [1.807, 2.05) is 59.5 Å². The largest absolute Gasteiger partial charge is 0.338 e. The van der Waals surface area contributed by atoms with Crippen LogP contribution in [0.4, 0.5) is 0 Å². The Kier molecular flexibility index (Phi) is 4.56. The smallest absolute Gasteiger partial charge is 0.253 e. The van der Waals surface area contributed by atoms with Gasteiger partial charge < -0.3 is 14.0 Å². The van der Waals surface area contributed by atoms with Crippen molar-refractivity contribution in [3.05, 3.63) is 60.9 Å². The van der Waals surface area contributed by atoms with E-state index in [1.54, 1.807) is 12.4 Å². The maximum Gasteiger partial charge on any atom is 0.253 e. The highest BCUT2D eigenvalue weighted by Crippen LogP contribution is 2.23. The summed E-state index contributed by atoms with van der Waals surface area (Å²) < 4.78 is 4.06. The van der Waals surface area contributed by atoms with Crippen LogP contribution in [-0.4, -0.2) is 43.0 Å². The predicted octanol–water partition coefficient (Wildman–Crippen LogP) is 2.84. The molecule has 3 heterocycles. The standard InChI is InChI=1S/C20H23N5O/c1-23-10-8-22-19(23)17-5-2-6-18(12-17)20(26)25-9-3-4-16(14-25)13-24-11-7-21-15-24/h2,5-8,10-12,15-16H,3-4,9,13-14H2,1H3/t16-/m0/s1. The molecule has 134 valence electrons. The lowest BCUT2D eigenvalue weighted by molar-refractivity contribution is 0.0662. The van der Waals surface area contributed by atoms with E-state index in [9.17, 15) is 4.79 Å². The molecule has 0 aliphatic carbocycles. The number of hydrogen-bond acceptors (Lipinski definition) is 3. The number of benzene rings is 1. The number of nitrogens with zero attached hydrogens (tertiary/aromatic N) is 5. The van der Waals surface area contributed by atoms with E-state index in [-0.39, 0.29) is 5.91 Å². The van der Waals surface area contributed by atoms with Gasteiger partial charge in [0, 0.05) is 62.6 Å². The molecule has 4 rings (SSSR count). The van der Waals surface area contributed by atoms with E-state index in [0.717, 1.165) is 49.4 Å². The van der Waals surface area contributed by atoms with E-state index in [4.69, 9.17) is 0 Å². The summed E-state index contributed by atoms with van der Waals surface area (Å²) in [5.74, 6) is 1.45. The maximum atomic E-state index is 13.0. The normalized spacial score (nSPS) is 17.4. The van der Waals surface area contributed by atoms with E-state index in [2.05, 4.69) is 14.5 Å². The van der Waals surface area contributed by atoms with Gasteiger partial charge in [-0.2, -0.15) is 0 Å². The fourth-order valence-corrected chi connectivity index (χ4v) is 3.71. The third-order valence-corrected chi connectivity index (χ3v) is 5.02. The Morgan fingerprint density at radius 1 is 1.27 bits per heavy atom. The van der Waals surface area contributed by atoms with Crippen LogP contribution in [0.1, 0.15) is 23.2 Å². The number of carbonyl (C=O) groups excluding carboxylic acids is 1. The van der Waals surface area contributed by atoms with Gasteiger partial charge in [-0.1, -0.05) is 12.1 Å². The van der Waals surface area contributed by atoms with Crippen molar-refractivity contribution < 1.29 is 4.79 Å². The Labute approximate surface area is 153 Å². The summed E-state index contributed by atoms with van der Waals surface area (Å²) in [6.45, 7) is 2.53. The van der Waals surface area contributed by atoms with Gasteiger partial charge in [-0.3, -0.25) is 4.79 Å². The molecule has 1 saturated heterocycles. The van der Waals surface area contributed by atoms with Crippen LogP contribution in [0.3, 0.4) is 0 Å². The van der Waals surface area contributed by atoms with Crippen LogP contribution in [0.15, 0.2) is 55.4 Å². The van der Waals surface area contributed by atoms with Gasteiger partial charge in [-0.25, -0.2) is 9.97 Å². The van der Waals surface area contributed by atoms with Crippen molar-refractivity contribution in [3.8, 4) is 11.4 Å². The van der Waals surface area contributed by atoms with Crippen LogP contribution in [0.2, 0.25) is 0 Å². The molecular weight excluding hydrogens is 326 g/mol. The van der Waals surface area contributed by atoms with Gasteiger partial charge in [0.2, 0.25) is 0 Å². The Balaban J connectivity index is 1.49. The molecule has 6 nitrogen and oxygen atoms in total. The molecule has 1 aliphatic rings. The summed E-state index contributed by atoms with van der Waals surface area (Å²) in [6, 6.07) is 7.78. The number of imidazole rings is 2. The van der Waals surface area contributed by atoms with Gasteiger partial charge in [0.1, 0.15) is 5.82 Å². The number of aromatic nitrogens is 4. The molecule has 26 heavy (non-hydrogen) atoms. The lowest BCUT2D eigenvalue weighted by Crippen LogP contribution is -2.41. The highest BCUT2D eigenvalue weighted by molar-refractivity contribution is 5.95. The molecule has 2 aromatic heterocycles. The first kappa shape index (κ1) is 16.6. The number of hydrogen-bond donors (Lipinski definition) is 0. The van der Waals surface area contributed by atoms with Crippen molar-refractivity contribution in [1.29, 1.82) is 0 Å². The second-order valence-corrected chi connectivity index (χ2v) is 6.96. The first-order valence-corrected chi connectivity index (χ1v) is 9.03. The lowest BCUT2D eigenvalue weighted by Gasteiger charge is -2.33. The SMILES string of the molecule is Cn1ccnc1-c1cccc(C(=O)N2CCC[C@@H](Cn3ccnc3)C2)c1. The minimum atomic E-state index is 0.108. The molecule has 0 saturated carbocycles. The van der Waals surface area contributed by atoms with Crippen molar-refractivity contribution in [3.63, 3.8) is 0 Å². The van der Waals surface area contributed by atoms with E-state index in [0.29, 0.717) is 5.92 Å². The topological polar surface area (TPSA) is 56.0 Å². The van der Waals surface area contributed by atoms with Crippen molar-refractivity contribution in [2.75, 3.05) is 13.1 Å². The van der Waals surface area contributed by atoms with Gasteiger partial charge in [-0.05, 0) is 30.9 Å². The molecule has 0 bridgehead atoms. The second-order valence-electron chi connectivity index (χ2n) is 6.96. The molecule has 1 fully saturated rings. The third kappa shape index (κ3) is 3.40. The minimum Gasteiger partial charge on any atom is -0.338 e. The van der Waals surface area contributed by atoms with Gasteiger partial charge in [0.15, 0.2) is 0 Å². The average molecular weight is 349 g/mol. The Bertz CT molecular complexity index is 883. The Hall–Kier alpha value is -2.89. The molecule has 0 radical (unpaired) electrons. The highest BCUT2D eigenvalue weighted by atomic mass is 16.2. The predicted molar refractivity (Wildman–Crippen MR) is 99.5 cm³/mol. The van der Waals surface area contributed by atoms with E-state index in [1.165, 1.54) is 0 Å². The monoisotopic (exact) mass is 349 g/mol. The fourth-order valence-electron chi connectivity index (χ4n) is 3.71. The van der Waals surface area contributed by atoms with Crippen molar-refractivity contribution >= 4 is 5.91 Å². The first-order chi connectivity index (χ1) is 12.7. The zero-order valence-electron chi connectivity index (χ0n) is 15.0. The first-order valence-electron chi connectivity index (χ1n) is 9.03. The summed E-state index contributed by atoms with van der Waals surface area (Å²) in [4.78, 5) is 23.5. The maximum absolute atomic E-state index is 13.0. The van der Waals surface area contributed by atoms with Crippen LogP contribution in [0.25, 0.3) is 11.4 Å². The quantitative estimate of drug-likeness (QED) is 0.728. The average Bonchev–Trinajstić information content (AvgIpc) is 3.33. The molecular formula is C20H23N5O. The van der Waals surface area contributed by atoms with Gasteiger partial charge in [-0.15, -0.1) is 0 Å². The molecule has 0 N–H and O–H groups in total. The number of likely N-dealkylation sites (tertiary alicyclic amines) is 1. The fraction of sp³-hybridized carbons (Fsp3) is 0.350. The highest BCUT2D eigenvalue weighted by Gasteiger charge is 2.25. The Morgan fingerprint density at radius 3 is 2.96 bits per heavy atom. The Morgan fingerprint density at radius 2 is 2.19 bits per heavy atom. The number of amides is 1. The van der Waals surface area contributed by atoms with Crippen LogP contribution >= 0.6 is 0 Å². The number of aryl methyl sites for hydroxylation is 1. The zero-order chi connectivity index (χ0) is 17.9. The van der Waals surface area contributed by atoms with E-state index < -0.39 is 0 Å². The number of rotatable bonds is 4. The summed E-state index contributed by atoms with van der Waals surface area (Å²) in [6.07, 6.45) is 11.5. The van der Waals surface area contributed by atoms with Crippen LogP contribution in [0.5, 0.6) is 0 Å². The molecule has 6 heteroatoms. The van der Waals surface area contributed by atoms with Crippen LogP contribution < -0.4 is 0 Å². The summed E-state index contributed by atoms with van der Waals surface area (Å²) in [5, 5.41) is 0. The van der Waals surface area contributed by atoms with Gasteiger partial charge in [0.05, 0.1) is 6.33 Å². The van der Waals surface area contributed by atoms with E-state index >= 15 is 0 Å². The van der Waals surface area contributed by atoms with Gasteiger partial charge in [0.25, 0.3) is 5.91 Å². The third-order valence-electron chi connectivity index (χ3n) is 5.02. The van der Waals surface area contributed by atoms with Crippen molar-refractivity contribution in [2.24, 2.45) is 13.0 Å². The van der Waals surface area contributed by atoms with Crippen molar-refractivity contribution in [1.82, 2.24) is 24.0 Å². The molecule has 1 atom stereocenters. The second kappa shape index (κ2) is 7.15.